The first-order valence-electron chi connectivity index (χ1n) is 7.70. The molecule has 0 bridgehead atoms. The molecule has 1 rings (SSSR count). The number of nitrogens with zero attached hydrogens (tertiary/aromatic N) is 1. The lowest BCUT2D eigenvalue weighted by molar-refractivity contribution is -0.137. The monoisotopic (exact) mass is 284 g/mol. The first-order chi connectivity index (χ1) is 9.41. The van der Waals surface area contributed by atoms with Crippen molar-refractivity contribution in [3.63, 3.8) is 0 Å². The second kappa shape index (κ2) is 8.12. The highest BCUT2D eigenvalue weighted by atomic mass is 16.4. The number of urea groups is 1. The SMILES string of the molecule is CC(NC(=O)N(CCC(=O)O)C(C)C)C1CCCCC1. The fourth-order valence-corrected chi connectivity index (χ4v) is 2.84. The minimum Gasteiger partial charge on any atom is -0.481 e. The number of aliphatic carboxylic acids is 1. The van der Waals surface area contributed by atoms with Crippen molar-refractivity contribution >= 4 is 12.0 Å². The maximum absolute atomic E-state index is 12.3. The molecule has 0 saturated heterocycles. The van der Waals surface area contributed by atoms with Crippen LogP contribution in [-0.2, 0) is 4.79 Å². The predicted molar refractivity (Wildman–Crippen MR) is 78.7 cm³/mol. The smallest absolute Gasteiger partial charge is 0.317 e. The molecule has 0 spiro atoms. The molecule has 0 radical (unpaired) electrons. The Hall–Kier alpha value is -1.26. The molecule has 1 unspecified atom stereocenters. The summed E-state index contributed by atoms with van der Waals surface area (Å²) in [5.74, 6) is -0.315. The van der Waals surface area contributed by atoms with Gasteiger partial charge in [0.05, 0.1) is 6.42 Å². The first-order valence-corrected chi connectivity index (χ1v) is 7.70. The molecule has 0 aliphatic heterocycles. The van der Waals surface area contributed by atoms with E-state index in [1.807, 2.05) is 13.8 Å². The molecule has 0 aromatic rings. The van der Waals surface area contributed by atoms with Gasteiger partial charge >= 0.3 is 12.0 Å². The van der Waals surface area contributed by atoms with Gasteiger partial charge in [0, 0.05) is 18.6 Å². The van der Waals surface area contributed by atoms with Crippen molar-refractivity contribution in [1.82, 2.24) is 10.2 Å². The van der Waals surface area contributed by atoms with Crippen LogP contribution in [0, 0.1) is 5.92 Å². The van der Waals surface area contributed by atoms with Crippen molar-refractivity contribution in [2.45, 2.75) is 71.4 Å². The van der Waals surface area contributed by atoms with Crippen LogP contribution in [0.25, 0.3) is 0 Å². The minimum atomic E-state index is -0.872. The summed E-state index contributed by atoms with van der Waals surface area (Å²) in [6, 6.07) is 0.0288. The molecule has 20 heavy (non-hydrogen) atoms. The third-order valence-electron chi connectivity index (χ3n) is 4.16. The molecule has 2 N–H and O–H groups in total. The van der Waals surface area contributed by atoms with Crippen LogP contribution in [0.15, 0.2) is 0 Å². The lowest BCUT2D eigenvalue weighted by atomic mass is 9.84. The van der Waals surface area contributed by atoms with Crippen molar-refractivity contribution in [1.29, 1.82) is 0 Å². The molecule has 2 amide bonds. The van der Waals surface area contributed by atoms with Gasteiger partial charge in [-0.2, -0.15) is 0 Å². The van der Waals surface area contributed by atoms with E-state index in [0.29, 0.717) is 5.92 Å². The van der Waals surface area contributed by atoms with Gasteiger partial charge in [0.2, 0.25) is 0 Å². The zero-order valence-electron chi connectivity index (χ0n) is 12.9. The van der Waals surface area contributed by atoms with Crippen molar-refractivity contribution in [2.75, 3.05) is 6.54 Å². The Labute approximate surface area is 121 Å². The van der Waals surface area contributed by atoms with Crippen LogP contribution in [-0.4, -0.2) is 40.6 Å². The molecule has 1 fully saturated rings. The highest BCUT2D eigenvalue weighted by molar-refractivity contribution is 5.75. The Kier molecular flexibility index (Phi) is 6.82. The molecule has 0 aromatic heterocycles. The number of carbonyl (C=O) groups excluding carboxylic acids is 1. The fraction of sp³-hybridized carbons (Fsp3) is 0.867. The maximum atomic E-state index is 12.3. The summed E-state index contributed by atoms with van der Waals surface area (Å²) >= 11 is 0. The van der Waals surface area contributed by atoms with Crippen molar-refractivity contribution in [3.8, 4) is 0 Å². The Morgan fingerprint density at radius 1 is 1.20 bits per heavy atom. The van der Waals surface area contributed by atoms with E-state index in [4.69, 9.17) is 5.11 Å². The van der Waals surface area contributed by atoms with Crippen LogP contribution < -0.4 is 5.32 Å². The summed E-state index contributed by atoms with van der Waals surface area (Å²) in [4.78, 5) is 24.5. The number of hydrogen-bond acceptors (Lipinski definition) is 2. The molecule has 5 heteroatoms. The van der Waals surface area contributed by atoms with Gasteiger partial charge in [-0.3, -0.25) is 4.79 Å². The van der Waals surface area contributed by atoms with Crippen LogP contribution in [0.2, 0.25) is 0 Å². The second-order valence-electron chi connectivity index (χ2n) is 6.07. The minimum absolute atomic E-state index is 0.00732. The summed E-state index contributed by atoms with van der Waals surface area (Å²) < 4.78 is 0. The Morgan fingerprint density at radius 2 is 1.80 bits per heavy atom. The van der Waals surface area contributed by atoms with Crippen LogP contribution in [0.5, 0.6) is 0 Å². The molecule has 116 valence electrons. The van der Waals surface area contributed by atoms with Gasteiger partial charge in [-0.1, -0.05) is 19.3 Å². The van der Waals surface area contributed by atoms with Gasteiger partial charge in [-0.05, 0) is 39.5 Å². The molecular weight excluding hydrogens is 256 g/mol. The molecule has 0 heterocycles. The molecule has 1 aliphatic rings. The van der Waals surface area contributed by atoms with E-state index in [-0.39, 0.29) is 31.1 Å². The van der Waals surface area contributed by atoms with Crippen LogP contribution in [0.4, 0.5) is 4.79 Å². The topological polar surface area (TPSA) is 69.6 Å². The number of amides is 2. The van der Waals surface area contributed by atoms with Crippen molar-refractivity contribution in [2.24, 2.45) is 5.92 Å². The third kappa shape index (κ3) is 5.39. The van der Waals surface area contributed by atoms with Crippen molar-refractivity contribution in [3.05, 3.63) is 0 Å². The van der Waals surface area contributed by atoms with E-state index >= 15 is 0 Å². The molecule has 5 nitrogen and oxygen atoms in total. The average Bonchev–Trinajstić information content (AvgIpc) is 2.39. The van der Waals surface area contributed by atoms with Gasteiger partial charge in [0.15, 0.2) is 0 Å². The highest BCUT2D eigenvalue weighted by Gasteiger charge is 2.24. The van der Waals surface area contributed by atoms with E-state index in [9.17, 15) is 9.59 Å². The number of carboxylic acid groups (broad SMARTS) is 1. The van der Waals surface area contributed by atoms with Crippen LogP contribution in [0.3, 0.4) is 0 Å². The standard InChI is InChI=1S/C15H28N2O3/c1-11(2)17(10-9-14(18)19)15(20)16-12(3)13-7-5-4-6-8-13/h11-13H,4-10H2,1-3H3,(H,16,20)(H,18,19). The second-order valence-corrected chi connectivity index (χ2v) is 6.07. The van der Waals surface area contributed by atoms with Gasteiger partial charge < -0.3 is 15.3 Å². The normalized spacial score (nSPS) is 17.8. The number of nitrogens with one attached hydrogen (secondary N) is 1. The molecule has 0 aromatic carbocycles. The van der Waals surface area contributed by atoms with E-state index in [1.165, 1.54) is 32.1 Å². The summed E-state index contributed by atoms with van der Waals surface area (Å²) in [5.41, 5.74) is 0. The summed E-state index contributed by atoms with van der Waals surface area (Å²) in [7, 11) is 0. The summed E-state index contributed by atoms with van der Waals surface area (Å²) in [6.07, 6.45) is 6.14. The molecule has 1 aliphatic carbocycles. The van der Waals surface area contributed by atoms with Crippen LogP contribution in [0.1, 0.15) is 59.3 Å². The number of hydrogen-bond donors (Lipinski definition) is 2. The van der Waals surface area contributed by atoms with E-state index < -0.39 is 5.97 Å². The zero-order chi connectivity index (χ0) is 15.1. The van der Waals surface area contributed by atoms with Crippen LogP contribution >= 0.6 is 0 Å². The Morgan fingerprint density at radius 3 is 2.30 bits per heavy atom. The van der Waals surface area contributed by atoms with Gasteiger partial charge in [0.1, 0.15) is 0 Å². The molecule has 1 saturated carbocycles. The van der Waals surface area contributed by atoms with E-state index in [1.54, 1.807) is 4.90 Å². The fourth-order valence-electron chi connectivity index (χ4n) is 2.84. The number of rotatable bonds is 6. The zero-order valence-corrected chi connectivity index (χ0v) is 12.9. The Bertz CT molecular complexity index is 325. The third-order valence-corrected chi connectivity index (χ3v) is 4.16. The predicted octanol–water partition coefficient (Wildman–Crippen LogP) is 2.85. The highest BCUT2D eigenvalue weighted by Crippen LogP contribution is 2.26. The average molecular weight is 284 g/mol. The molecule has 1 atom stereocenters. The van der Waals surface area contributed by atoms with Gasteiger partial charge in [0.25, 0.3) is 0 Å². The quantitative estimate of drug-likeness (QED) is 0.788. The lowest BCUT2D eigenvalue weighted by Gasteiger charge is -2.32. The lowest BCUT2D eigenvalue weighted by Crippen LogP contribution is -2.49. The van der Waals surface area contributed by atoms with Gasteiger partial charge in [-0.15, -0.1) is 0 Å². The van der Waals surface area contributed by atoms with Crippen molar-refractivity contribution < 1.29 is 14.7 Å². The van der Waals surface area contributed by atoms with E-state index in [2.05, 4.69) is 12.2 Å². The van der Waals surface area contributed by atoms with Gasteiger partial charge in [-0.25, -0.2) is 4.79 Å². The summed E-state index contributed by atoms with van der Waals surface area (Å²) in [5, 5.41) is 11.8. The number of carboxylic acids is 1. The maximum Gasteiger partial charge on any atom is 0.317 e. The molecular formula is C15H28N2O3. The number of carbonyl (C=O) groups is 2. The Balaban J connectivity index is 2.49. The largest absolute Gasteiger partial charge is 0.481 e. The van der Waals surface area contributed by atoms with E-state index in [0.717, 1.165) is 0 Å². The first kappa shape index (κ1) is 16.8. The summed E-state index contributed by atoms with van der Waals surface area (Å²) in [6.45, 7) is 6.14.